The molecule has 23 heavy (non-hydrogen) atoms. The molecule has 5 nitrogen and oxygen atoms in total. The molecule has 2 rings (SSSR count). The van der Waals surface area contributed by atoms with Gasteiger partial charge in [0.25, 0.3) is 0 Å². The number of carbonyl (C=O) groups is 2. The lowest BCUT2D eigenvalue weighted by Crippen LogP contribution is -2.39. The first-order valence-corrected chi connectivity index (χ1v) is 7.39. The highest BCUT2D eigenvalue weighted by Gasteiger charge is 2.37. The van der Waals surface area contributed by atoms with E-state index in [2.05, 4.69) is 0 Å². The monoisotopic (exact) mass is 315 g/mol. The summed E-state index contributed by atoms with van der Waals surface area (Å²) in [6.07, 6.45) is 0. The van der Waals surface area contributed by atoms with Crippen molar-refractivity contribution in [2.45, 2.75) is 32.4 Å². The molecular formula is C18H21NO4. The van der Waals surface area contributed by atoms with Crippen LogP contribution < -0.4 is 5.73 Å². The lowest BCUT2D eigenvalue weighted by molar-refractivity contribution is -0.167. The summed E-state index contributed by atoms with van der Waals surface area (Å²) in [6.45, 7) is 5.06. The zero-order chi connectivity index (χ0) is 17.2. The average Bonchev–Trinajstić information content (AvgIpc) is 2.44. The minimum absolute atomic E-state index is 0.612. The van der Waals surface area contributed by atoms with Crippen LogP contribution in [0.1, 0.15) is 32.4 Å². The predicted octanol–water partition coefficient (Wildman–Crippen LogP) is 2.88. The maximum Gasteiger partial charge on any atom is 0.322 e. The van der Waals surface area contributed by atoms with Gasteiger partial charge < -0.3 is 15.6 Å². The molecule has 122 valence electrons. The number of carbonyl (C=O) groups excluding carboxylic acids is 1. The van der Waals surface area contributed by atoms with E-state index in [1.54, 1.807) is 32.9 Å². The first-order valence-electron chi connectivity index (χ1n) is 7.39. The second-order valence-electron chi connectivity index (χ2n) is 6.44. The Morgan fingerprint density at radius 3 is 2.30 bits per heavy atom. The molecule has 5 heteroatoms. The van der Waals surface area contributed by atoms with Crippen molar-refractivity contribution < 1.29 is 19.4 Å². The van der Waals surface area contributed by atoms with E-state index in [1.807, 2.05) is 30.3 Å². The molecule has 3 N–H and O–H groups in total. The summed E-state index contributed by atoms with van der Waals surface area (Å²) in [4.78, 5) is 23.9. The van der Waals surface area contributed by atoms with Gasteiger partial charge in [0.05, 0.1) is 6.04 Å². The maximum atomic E-state index is 12.3. The predicted molar refractivity (Wildman–Crippen MR) is 87.8 cm³/mol. The summed E-state index contributed by atoms with van der Waals surface area (Å²) >= 11 is 0. The highest BCUT2D eigenvalue weighted by atomic mass is 16.6. The van der Waals surface area contributed by atoms with Crippen LogP contribution in [0, 0.1) is 5.92 Å². The van der Waals surface area contributed by atoms with E-state index >= 15 is 0 Å². The van der Waals surface area contributed by atoms with Crippen LogP contribution in [0.5, 0.6) is 0 Å². The lowest BCUT2D eigenvalue weighted by Gasteiger charge is -2.25. The number of esters is 1. The van der Waals surface area contributed by atoms with Crippen molar-refractivity contribution in [3.8, 4) is 0 Å². The number of hydrogen-bond donors (Lipinski definition) is 2. The van der Waals surface area contributed by atoms with Crippen molar-refractivity contribution in [3.63, 3.8) is 0 Å². The number of aliphatic carboxylic acids is 1. The zero-order valence-corrected chi connectivity index (χ0v) is 13.4. The molecule has 0 amide bonds. The molecule has 0 aliphatic heterocycles. The van der Waals surface area contributed by atoms with Gasteiger partial charge in [0.1, 0.15) is 5.60 Å². The SMILES string of the molecule is CC(C)(C)OC(=O)C(C(=O)O)C(N)c1cccc2ccccc12. The number of hydrogen-bond acceptors (Lipinski definition) is 4. The van der Waals surface area contributed by atoms with E-state index in [9.17, 15) is 14.7 Å². The summed E-state index contributed by atoms with van der Waals surface area (Å²) in [6, 6.07) is 12.0. The summed E-state index contributed by atoms with van der Waals surface area (Å²) in [5.74, 6) is -3.58. The Labute approximate surface area is 135 Å². The summed E-state index contributed by atoms with van der Waals surface area (Å²) in [7, 11) is 0. The van der Waals surface area contributed by atoms with Gasteiger partial charge in [-0.2, -0.15) is 0 Å². The molecule has 2 atom stereocenters. The van der Waals surface area contributed by atoms with Crippen LogP contribution in [0.3, 0.4) is 0 Å². The molecule has 0 aliphatic rings. The molecule has 0 heterocycles. The molecule has 0 saturated heterocycles. The molecule has 0 aliphatic carbocycles. The van der Waals surface area contributed by atoms with E-state index in [-0.39, 0.29) is 0 Å². The topological polar surface area (TPSA) is 89.6 Å². The van der Waals surface area contributed by atoms with Gasteiger partial charge in [0, 0.05) is 0 Å². The van der Waals surface area contributed by atoms with Crippen molar-refractivity contribution >= 4 is 22.7 Å². The fourth-order valence-corrected chi connectivity index (χ4v) is 2.49. The van der Waals surface area contributed by atoms with Crippen LogP contribution in [0.15, 0.2) is 42.5 Å². The summed E-state index contributed by atoms with van der Waals surface area (Å²) in [5.41, 5.74) is 5.98. The lowest BCUT2D eigenvalue weighted by atomic mass is 9.90. The fourth-order valence-electron chi connectivity index (χ4n) is 2.49. The molecule has 0 saturated carbocycles. The van der Waals surface area contributed by atoms with Gasteiger partial charge in [-0.05, 0) is 37.1 Å². The molecule has 0 radical (unpaired) electrons. The van der Waals surface area contributed by atoms with Gasteiger partial charge in [-0.1, -0.05) is 42.5 Å². The van der Waals surface area contributed by atoms with Crippen molar-refractivity contribution in [2.24, 2.45) is 11.7 Å². The highest BCUT2D eigenvalue weighted by molar-refractivity contribution is 5.96. The van der Waals surface area contributed by atoms with E-state index in [4.69, 9.17) is 10.5 Å². The number of carboxylic acid groups (broad SMARTS) is 1. The largest absolute Gasteiger partial charge is 0.481 e. The Balaban J connectivity index is 2.43. The van der Waals surface area contributed by atoms with Gasteiger partial charge in [-0.25, -0.2) is 0 Å². The van der Waals surface area contributed by atoms with Crippen LogP contribution in [-0.2, 0) is 14.3 Å². The number of carboxylic acids is 1. The van der Waals surface area contributed by atoms with Gasteiger partial charge >= 0.3 is 11.9 Å². The standard InChI is InChI=1S/C18H21NO4/c1-18(2,3)23-17(22)14(16(20)21)15(19)13-10-6-8-11-7-4-5-9-12(11)13/h4-10,14-15H,19H2,1-3H3,(H,20,21). The minimum atomic E-state index is -1.46. The zero-order valence-electron chi connectivity index (χ0n) is 13.4. The third-order valence-corrected chi connectivity index (χ3v) is 3.47. The van der Waals surface area contributed by atoms with E-state index in [1.165, 1.54) is 0 Å². The number of benzene rings is 2. The summed E-state index contributed by atoms with van der Waals surface area (Å²) < 4.78 is 5.22. The van der Waals surface area contributed by atoms with Crippen LogP contribution in [0.25, 0.3) is 10.8 Å². The van der Waals surface area contributed by atoms with Gasteiger partial charge in [0.2, 0.25) is 0 Å². The van der Waals surface area contributed by atoms with Crippen LogP contribution in [0.2, 0.25) is 0 Å². The first kappa shape index (κ1) is 17.0. The van der Waals surface area contributed by atoms with E-state index in [0.29, 0.717) is 5.56 Å². The third kappa shape index (κ3) is 3.87. The van der Waals surface area contributed by atoms with Crippen molar-refractivity contribution in [1.29, 1.82) is 0 Å². The first-order chi connectivity index (χ1) is 10.7. The van der Waals surface area contributed by atoms with Crippen molar-refractivity contribution in [2.75, 3.05) is 0 Å². The van der Waals surface area contributed by atoms with Crippen LogP contribution >= 0.6 is 0 Å². The maximum absolute atomic E-state index is 12.3. The molecule has 0 bridgehead atoms. The fraction of sp³-hybridized carbons (Fsp3) is 0.333. The minimum Gasteiger partial charge on any atom is -0.481 e. The average molecular weight is 315 g/mol. The molecule has 2 aromatic rings. The Morgan fingerprint density at radius 1 is 1.09 bits per heavy atom. The van der Waals surface area contributed by atoms with Gasteiger partial charge in [-0.3, -0.25) is 9.59 Å². The third-order valence-electron chi connectivity index (χ3n) is 3.47. The molecular weight excluding hydrogens is 294 g/mol. The second-order valence-corrected chi connectivity index (χ2v) is 6.44. The number of rotatable bonds is 4. The molecule has 0 aromatic heterocycles. The molecule has 2 unspecified atom stereocenters. The van der Waals surface area contributed by atoms with Crippen molar-refractivity contribution in [1.82, 2.24) is 0 Å². The number of ether oxygens (including phenoxy) is 1. The molecule has 0 fully saturated rings. The highest BCUT2D eigenvalue weighted by Crippen LogP contribution is 2.29. The van der Waals surface area contributed by atoms with Crippen LogP contribution in [-0.4, -0.2) is 22.6 Å². The molecule has 0 spiro atoms. The number of fused-ring (bicyclic) bond motifs is 1. The van der Waals surface area contributed by atoms with Crippen molar-refractivity contribution in [3.05, 3.63) is 48.0 Å². The van der Waals surface area contributed by atoms with Gasteiger partial charge in [-0.15, -0.1) is 0 Å². The molecule has 2 aromatic carbocycles. The Morgan fingerprint density at radius 2 is 1.70 bits per heavy atom. The smallest absolute Gasteiger partial charge is 0.322 e. The second kappa shape index (κ2) is 6.38. The number of nitrogens with two attached hydrogens (primary N) is 1. The Hall–Kier alpha value is -2.40. The quantitative estimate of drug-likeness (QED) is 0.669. The van der Waals surface area contributed by atoms with E-state index in [0.717, 1.165) is 10.8 Å². The van der Waals surface area contributed by atoms with E-state index < -0.39 is 29.5 Å². The summed E-state index contributed by atoms with van der Waals surface area (Å²) in [5, 5.41) is 11.2. The Bertz CT molecular complexity index is 728. The van der Waals surface area contributed by atoms with Crippen LogP contribution in [0.4, 0.5) is 0 Å². The van der Waals surface area contributed by atoms with Gasteiger partial charge in [0.15, 0.2) is 5.92 Å². The normalized spacial score (nSPS) is 14.3. The Kier molecular flexibility index (Phi) is 4.71.